The van der Waals surface area contributed by atoms with Crippen LogP contribution in [-0.2, 0) is 22.6 Å². The number of aromatic nitrogens is 2. The number of hydrogen-bond acceptors (Lipinski definition) is 4. The molecule has 7 nitrogen and oxygen atoms in total. The summed E-state index contributed by atoms with van der Waals surface area (Å²) >= 11 is 0. The van der Waals surface area contributed by atoms with E-state index in [0.29, 0.717) is 6.54 Å². The minimum atomic E-state index is -0.753. The van der Waals surface area contributed by atoms with Gasteiger partial charge in [0.1, 0.15) is 6.54 Å². The van der Waals surface area contributed by atoms with Gasteiger partial charge in [0.15, 0.2) is 0 Å². The molecule has 1 unspecified atom stereocenters. The van der Waals surface area contributed by atoms with Gasteiger partial charge in [-0.2, -0.15) is 5.10 Å². The molecule has 144 valence electrons. The average molecular weight is 370 g/mol. The van der Waals surface area contributed by atoms with E-state index in [4.69, 9.17) is 0 Å². The summed E-state index contributed by atoms with van der Waals surface area (Å²) in [7, 11) is 0. The molecule has 0 radical (unpaired) electrons. The molecular weight excluding hydrogens is 344 g/mol. The van der Waals surface area contributed by atoms with E-state index >= 15 is 0 Å². The molecule has 1 aliphatic rings. The fourth-order valence-electron chi connectivity index (χ4n) is 3.37. The molecule has 1 atom stereocenters. The molecule has 1 N–H and O–H groups in total. The SMILES string of the molecule is Cc1cc(C)n(CC(=O)N2CC(=O)N(CCc3ccccc3)CC(O)C2)n1. The number of aliphatic hydroxyl groups is 1. The maximum absolute atomic E-state index is 12.6. The number of nitrogens with zero attached hydrogens (tertiary/aromatic N) is 4. The number of carbonyl (C=O) groups is 2. The summed E-state index contributed by atoms with van der Waals surface area (Å²) in [4.78, 5) is 28.3. The van der Waals surface area contributed by atoms with Crippen molar-refractivity contribution in [3.8, 4) is 0 Å². The lowest BCUT2D eigenvalue weighted by Gasteiger charge is -2.22. The third-order valence-corrected chi connectivity index (χ3v) is 4.80. The standard InChI is InChI=1S/C20H26N4O3/c1-15-10-16(2)24(21-15)14-20(27)23-12-18(25)11-22(19(26)13-23)9-8-17-6-4-3-5-7-17/h3-7,10,18,25H,8-9,11-14H2,1-2H3. The Morgan fingerprint density at radius 2 is 1.96 bits per heavy atom. The Labute approximate surface area is 159 Å². The second-order valence-corrected chi connectivity index (χ2v) is 7.09. The molecule has 0 bridgehead atoms. The van der Waals surface area contributed by atoms with Crippen LogP contribution in [0.15, 0.2) is 36.4 Å². The minimum Gasteiger partial charge on any atom is -0.389 e. The van der Waals surface area contributed by atoms with E-state index in [0.717, 1.165) is 23.4 Å². The van der Waals surface area contributed by atoms with E-state index in [-0.39, 0.29) is 38.0 Å². The summed E-state index contributed by atoms with van der Waals surface area (Å²) in [5, 5.41) is 14.6. The molecule has 2 heterocycles. The first-order valence-electron chi connectivity index (χ1n) is 9.21. The van der Waals surface area contributed by atoms with Gasteiger partial charge < -0.3 is 14.9 Å². The quantitative estimate of drug-likeness (QED) is 0.843. The third-order valence-electron chi connectivity index (χ3n) is 4.80. The van der Waals surface area contributed by atoms with Gasteiger partial charge in [-0.1, -0.05) is 30.3 Å². The van der Waals surface area contributed by atoms with Crippen molar-refractivity contribution in [2.45, 2.75) is 32.9 Å². The van der Waals surface area contributed by atoms with Crippen LogP contribution in [0.1, 0.15) is 17.0 Å². The summed E-state index contributed by atoms with van der Waals surface area (Å²) < 4.78 is 1.63. The number of rotatable bonds is 5. The normalized spacial score (nSPS) is 17.9. The molecule has 0 saturated carbocycles. The van der Waals surface area contributed by atoms with E-state index in [1.54, 1.807) is 9.58 Å². The molecule has 2 amide bonds. The molecule has 1 saturated heterocycles. The number of amides is 2. The summed E-state index contributed by atoms with van der Waals surface area (Å²) in [5.41, 5.74) is 2.88. The number of hydrogen-bond donors (Lipinski definition) is 1. The lowest BCUT2D eigenvalue weighted by Crippen LogP contribution is -2.41. The van der Waals surface area contributed by atoms with Crippen LogP contribution in [0.2, 0.25) is 0 Å². The van der Waals surface area contributed by atoms with Crippen LogP contribution in [-0.4, -0.2) is 68.8 Å². The predicted octanol–water partition coefficient (Wildman–Crippen LogP) is 0.774. The monoisotopic (exact) mass is 370 g/mol. The van der Waals surface area contributed by atoms with Gasteiger partial charge in [0.2, 0.25) is 11.8 Å². The molecule has 7 heteroatoms. The van der Waals surface area contributed by atoms with Crippen molar-refractivity contribution in [3.05, 3.63) is 53.3 Å². The average Bonchev–Trinajstić information content (AvgIpc) is 2.86. The highest BCUT2D eigenvalue weighted by molar-refractivity contribution is 5.85. The smallest absolute Gasteiger partial charge is 0.244 e. The predicted molar refractivity (Wildman–Crippen MR) is 101 cm³/mol. The summed E-state index contributed by atoms with van der Waals surface area (Å²) in [5.74, 6) is -0.345. The van der Waals surface area contributed by atoms with Crippen molar-refractivity contribution in [2.75, 3.05) is 26.2 Å². The molecule has 3 rings (SSSR count). The van der Waals surface area contributed by atoms with Crippen molar-refractivity contribution < 1.29 is 14.7 Å². The Hall–Kier alpha value is -2.67. The van der Waals surface area contributed by atoms with Gasteiger partial charge in [-0.15, -0.1) is 0 Å². The summed E-state index contributed by atoms with van der Waals surface area (Å²) in [6.07, 6.45) is -0.0319. The second kappa shape index (κ2) is 8.35. The van der Waals surface area contributed by atoms with Gasteiger partial charge in [-0.25, -0.2) is 0 Å². The van der Waals surface area contributed by atoms with Crippen LogP contribution in [0.25, 0.3) is 0 Å². The van der Waals surface area contributed by atoms with Gasteiger partial charge in [0, 0.05) is 25.3 Å². The molecule has 2 aromatic rings. The van der Waals surface area contributed by atoms with Crippen LogP contribution >= 0.6 is 0 Å². The first kappa shape index (κ1) is 19.1. The van der Waals surface area contributed by atoms with Gasteiger partial charge in [-0.3, -0.25) is 14.3 Å². The summed E-state index contributed by atoms with van der Waals surface area (Å²) in [6.45, 7) is 4.76. The van der Waals surface area contributed by atoms with E-state index in [2.05, 4.69) is 5.10 Å². The zero-order chi connectivity index (χ0) is 19.4. The Morgan fingerprint density at radius 1 is 1.22 bits per heavy atom. The van der Waals surface area contributed by atoms with Crippen LogP contribution in [0.4, 0.5) is 0 Å². The first-order chi connectivity index (χ1) is 12.9. The molecule has 27 heavy (non-hydrogen) atoms. The van der Waals surface area contributed by atoms with E-state index in [1.165, 1.54) is 4.90 Å². The number of β-amino-alcohol motifs (C(OH)–C–C–N with tert-alkyl or cyclic N) is 1. The fourth-order valence-corrected chi connectivity index (χ4v) is 3.37. The lowest BCUT2D eigenvalue weighted by molar-refractivity contribution is -0.139. The van der Waals surface area contributed by atoms with Crippen LogP contribution < -0.4 is 0 Å². The molecule has 1 fully saturated rings. The van der Waals surface area contributed by atoms with Gasteiger partial charge in [0.25, 0.3) is 0 Å². The number of benzene rings is 1. The van der Waals surface area contributed by atoms with Crippen molar-refractivity contribution in [3.63, 3.8) is 0 Å². The number of carbonyl (C=O) groups excluding carboxylic acids is 2. The Bertz CT molecular complexity index is 803. The van der Waals surface area contributed by atoms with Gasteiger partial charge in [-0.05, 0) is 31.9 Å². The zero-order valence-electron chi connectivity index (χ0n) is 15.8. The molecule has 1 aromatic heterocycles. The highest BCUT2D eigenvalue weighted by atomic mass is 16.3. The third kappa shape index (κ3) is 4.95. The van der Waals surface area contributed by atoms with E-state index in [1.807, 2.05) is 50.2 Å². The van der Waals surface area contributed by atoms with Crippen molar-refractivity contribution in [1.82, 2.24) is 19.6 Å². The maximum Gasteiger partial charge on any atom is 0.244 e. The number of aliphatic hydroxyl groups excluding tert-OH is 1. The molecule has 0 spiro atoms. The molecular formula is C20H26N4O3. The van der Waals surface area contributed by atoms with Crippen molar-refractivity contribution in [1.29, 1.82) is 0 Å². The highest BCUT2D eigenvalue weighted by Gasteiger charge is 2.29. The topological polar surface area (TPSA) is 78.7 Å². The van der Waals surface area contributed by atoms with Crippen LogP contribution in [0.3, 0.4) is 0 Å². The molecule has 0 aliphatic carbocycles. The van der Waals surface area contributed by atoms with Gasteiger partial charge in [0.05, 0.1) is 18.3 Å². The Morgan fingerprint density at radius 3 is 2.63 bits per heavy atom. The maximum atomic E-state index is 12.6. The molecule has 1 aromatic carbocycles. The first-order valence-corrected chi connectivity index (χ1v) is 9.21. The zero-order valence-corrected chi connectivity index (χ0v) is 15.8. The Balaban J connectivity index is 1.62. The molecule has 1 aliphatic heterocycles. The fraction of sp³-hybridized carbons (Fsp3) is 0.450. The van der Waals surface area contributed by atoms with E-state index < -0.39 is 6.10 Å². The number of aryl methyl sites for hydroxylation is 2. The van der Waals surface area contributed by atoms with Gasteiger partial charge >= 0.3 is 0 Å². The lowest BCUT2D eigenvalue weighted by atomic mass is 10.1. The second-order valence-electron chi connectivity index (χ2n) is 7.09. The van der Waals surface area contributed by atoms with E-state index in [9.17, 15) is 14.7 Å². The largest absolute Gasteiger partial charge is 0.389 e. The van der Waals surface area contributed by atoms with Crippen LogP contribution in [0, 0.1) is 13.8 Å². The highest BCUT2D eigenvalue weighted by Crippen LogP contribution is 2.10. The Kier molecular flexibility index (Phi) is 5.91. The van der Waals surface area contributed by atoms with Crippen molar-refractivity contribution in [2.24, 2.45) is 0 Å². The van der Waals surface area contributed by atoms with Crippen LogP contribution in [0.5, 0.6) is 0 Å². The van der Waals surface area contributed by atoms with Crippen molar-refractivity contribution >= 4 is 11.8 Å². The minimum absolute atomic E-state index is 0.00994. The summed E-state index contributed by atoms with van der Waals surface area (Å²) in [6, 6.07) is 11.8.